The van der Waals surface area contributed by atoms with E-state index in [0.717, 1.165) is 19.5 Å². The standard InChI is InChI=1S/C12H19N/c1-4-12-10(3)7-6-8-11(12)9-13-5-2/h6-8,13H,4-5,9H2,1-3H3. The summed E-state index contributed by atoms with van der Waals surface area (Å²) in [4.78, 5) is 0. The van der Waals surface area contributed by atoms with E-state index in [1.54, 1.807) is 0 Å². The van der Waals surface area contributed by atoms with Gasteiger partial charge in [0.05, 0.1) is 0 Å². The molecule has 0 amide bonds. The van der Waals surface area contributed by atoms with Crippen molar-refractivity contribution in [3.8, 4) is 0 Å². The molecule has 72 valence electrons. The summed E-state index contributed by atoms with van der Waals surface area (Å²) in [5.41, 5.74) is 4.37. The van der Waals surface area contributed by atoms with Crippen LogP contribution >= 0.6 is 0 Å². The first-order valence-electron chi connectivity index (χ1n) is 5.07. The van der Waals surface area contributed by atoms with Gasteiger partial charge >= 0.3 is 0 Å². The maximum atomic E-state index is 3.37. The third-order valence-electron chi connectivity index (χ3n) is 2.43. The zero-order valence-electron chi connectivity index (χ0n) is 8.85. The Balaban J connectivity index is 2.85. The second-order valence-electron chi connectivity index (χ2n) is 3.35. The van der Waals surface area contributed by atoms with E-state index in [-0.39, 0.29) is 0 Å². The molecule has 0 fully saturated rings. The van der Waals surface area contributed by atoms with Gasteiger partial charge in [0.25, 0.3) is 0 Å². The lowest BCUT2D eigenvalue weighted by Gasteiger charge is -2.10. The van der Waals surface area contributed by atoms with Crippen molar-refractivity contribution < 1.29 is 0 Å². The largest absolute Gasteiger partial charge is 0.313 e. The van der Waals surface area contributed by atoms with Crippen molar-refractivity contribution in [2.45, 2.75) is 33.7 Å². The van der Waals surface area contributed by atoms with Crippen LogP contribution in [-0.2, 0) is 13.0 Å². The zero-order valence-corrected chi connectivity index (χ0v) is 8.85. The Labute approximate surface area is 81.2 Å². The molecule has 0 saturated carbocycles. The Hall–Kier alpha value is -0.820. The molecule has 1 N–H and O–H groups in total. The first kappa shape index (κ1) is 10.3. The van der Waals surface area contributed by atoms with Crippen LogP contribution in [0.5, 0.6) is 0 Å². The van der Waals surface area contributed by atoms with Crippen molar-refractivity contribution >= 4 is 0 Å². The highest BCUT2D eigenvalue weighted by Gasteiger charge is 2.01. The predicted octanol–water partition coefficient (Wildman–Crippen LogP) is 2.67. The lowest BCUT2D eigenvalue weighted by atomic mass is 10.00. The van der Waals surface area contributed by atoms with Gasteiger partial charge in [0.15, 0.2) is 0 Å². The summed E-state index contributed by atoms with van der Waals surface area (Å²) in [6, 6.07) is 6.55. The first-order valence-corrected chi connectivity index (χ1v) is 5.07. The van der Waals surface area contributed by atoms with Gasteiger partial charge in [-0.25, -0.2) is 0 Å². The van der Waals surface area contributed by atoms with E-state index in [2.05, 4.69) is 44.3 Å². The molecule has 0 unspecified atom stereocenters. The average molecular weight is 177 g/mol. The molecule has 1 aromatic rings. The number of hydrogen-bond donors (Lipinski definition) is 1. The third kappa shape index (κ3) is 2.56. The number of aryl methyl sites for hydroxylation is 1. The second-order valence-corrected chi connectivity index (χ2v) is 3.35. The van der Waals surface area contributed by atoms with Gasteiger partial charge in [0.1, 0.15) is 0 Å². The summed E-state index contributed by atoms with van der Waals surface area (Å²) >= 11 is 0. The Morgan fingerprint density at radius 3 is 2.62 bits per heavy atom. The summed E-state index contributed by atoms with van der Waals surface area (Å²) in [5, 5.41) is 3.37. The maximum Gasteiger partial charge on any atom is 0.0208 e. The van der Waals surface area contributed by atoms with Crippen LogP contribution in [0.3, 0.4) is 0 Å². The van der Waals surface area contributed by atoms with Crippen LogP contribution in [0, 0.1) is 6.92 Å². The Morgan fingerprint density at radius 1 is 1.23 bits per heavy atom. The molecule has 0 heterocycles. The van der Waals surface area contributed by atoms with Crippen LogP contribution in [0.4, 0.5) is 0 Å². The lowest BCUT2D eigenvalue weighted by Crippen LogP contribution is -2.13. The zero-order chi connectivity index (χ0) is 9.68. The van der Waals surface area contributed by atoms with Gasteiger partial charge < -0.3 is 5.32 Å². The smallest absolute Gasteiger partial charge is 0.0208 e. The molecule has 0 aliphatic rings. The molecule has 0 bridgehead atoms. The van der Waals surface area contributed by atoms with Gasteiger partial charge in [-0.15, -0.1) is 0 Å². The van der Waals surface area contributed by atoms with Crippen molar-refractivity contribution in [1.29, 1.82) is 0 Å². The number of nitrogens with one attached hydrogen (secondary N) is 1. The fourth-order valence-electron chi connectivity index (χ4n) is 1.69. The van der Waals surface area contributed by atoms with E-state index < -0.39 is 0 Å². The van der Waals surface area contributed by atoms with E-state index in [9.17, 15) is 0 Å². The second kappa shape index (κ2) is 5.03. The summed E-state index contributed by atoms with van der Waals surface area (Å²) < 4.78 is 0. The van der Waals surface area contributed by atoms with E-state index >= 15 is 0 Å². The molecule has 0 aromatic heterocycles. The van der Waals surface area contributed by atoms with Crippen LogP contribution in [0.1, 0.15) is 30.5 Å². The van der Waals surface area contributed by atoms with Gasteiger partial charge in [-0.1, -0.05) is 32.0 Å². The molecule has 1 rings (SSSR count). The minimum Gasteiger partial charge on any atom is -0.313 e. The SMILES string of the molecule is CCNCc1cccc(C)c1CC. The minimum atomic E-state index is 1.00. The fraction of sp³-hybridized carbons (Fsp3) is 0.500. The molecule has 1 aromatic carbocycles. The Kier molecular flexibility index (Phi) is 3.97. The number of benzene rings is 1. The summed E-state index contributed by atoms with van der Waals surface area (Å²) in [6.45, 7) is 8.59. The molecule has 0 saturated heterocycles. The van der Waals surface area contributed by atoms with Gasteiger partial charge in [-0.3, -0.25) is 0 Å². The summed E-state index contributed by atoms with van der Waals surface area (Å²) in [7, 11) is 0. The van der Waals surface area contributed by atoms with E-state index in [0.29, 0.717) is 0 Å². The highest BCUT2D eigenvalue weighted by Crippen LogP contribution is 2.14. The molecule has 0 aliphatic carbocycles. The number of rotatable bonds is 4. The molecule has 1 heteroatoms. The van der Waals surface area contributed by atoms with Crippen LogP contribution < -0.4 is 5.32 Å². The van der Waals surface area contributed by atoms with Crippen molar-refractivity contribution in [3.63, 3.8) is 0 Å². The van der Waals surface area contributed by atoms with Crippen LogP contribution in [0.15, 0.2) is 18.2 Å². The van der Waals surface area contributed by atoms with Crippen LogP contribution in [-0.4, -0.2) is 6.54 Å². The maximum absolute atomic E-state index is 3.37. The van der Waals surface area contributed by atoms with Crippen molar-refractivity contribution in [2.75, 3.05) is 6.54 Å². The Bertz CT molecular complexity index is 266. The van der Waals surface area contributed by atoms with Gasteiger partial charge in [0, 0.05) is 6.54 Å². The van der Waals surface area contributed by atoms with E-state index in [1.807, 2.05) is 0 Å². The normalized spacial score (nSPS) is 10.4. The quantitative estimate of drug-likeness (QED) is 0.745. The monoisotopic (exact) mass is 177 g/mol. The summed E-state index contributed by atoms with van der Waals surface area (Å²) in [6.07, 6.45) is 1.13. The molecule has 0 aliphatic heterocycles. The molecule has 0 radical (unpaired) electrons. The van der Waals surface area contributed by atoms with Gasteiger partial charge in [-0.2, -0.15) is 0 Å². The average Bonchev–Trinajstić information content (AvgIpc) is 2.15. The Morgan fingerprint density at radius 2 is 2.00 bits per heavy atom. The topological polar surface area (TPSA) is 12.0 Å². The van der Waals surface area contributed by atoms with Crippen molar-refractivity contribution in [3.05, 3.63) is 34.9 Å². The summed E-state index contributed by atoms with van der Waals surface area (Å²) in [5.74, 6) is 0. The minimum absolute atomic E-state index is 1.00. The highest BCUT2D eigenvalue weighted by atomic mass is 14.8. The van der Waals surface area contributed by atoms with E-state index in [4.69, 9.17) is 0 Å². The molecular weight excluding hydrogens is 158 g/mol. The van der Waals surface area contributed by atoms with Crippen LogP contribution in [0.2, 0.25) is 0 Å². The van der Waals surface area contributed by atoms with Gasteiger partial charge in [-0.05, 0) is 36.6 Å². The number of hydrogen-bond acceptors (Lipinski definition) is 1. The first-order chi connectivity index (χ1) is 6.29. The molecule has 1 nitrogen and oxygen atoms in total. The predicted molar refractivity (Wildman–Crippen MR) is 57.9 cm³/mol. The molecule has 0 atom stereocenters. The lowest BCUT2D eigenvalue weighted by molar-refractivity contribution is 0.719. The third-order valence-corrected chi connectivity index (χ3v) is 2.43. The molecule has 13 heavy (non-hydrogen) atoms. The highest BCUT2D eigenvalue weighted by molar-refractivity contribution is 5.34. The van der Waals surface area contributed by atoms with E-state index in [1.165, 1.54) is 16.7 Å². The van der Waals surface area contributed by atoms with Crippen molar-refractivity contribution in [1.82, 2.24) is 5.32 Å². The van der Waals surface area contributed by atoms with Crippen LogP contribution in [0.25, 0.3) is 0 Å². The van der Waals surface area contributed by atoms with Crippen molar-refractivity contribution in [2.24, 2.45) is 0 Å². The fourth-order valence-corrected chi connectivity index (χ4v) is 1.69. The molecular formula is C12H19N. The molecule has 0 spiro atoms. The van der Waals surface area contributed by atoms with Gasteiger partial charge in [0.2, 0.25) is 0 Å².